The number of hydrogen-bond donors (Lipinski definition) is 3. The van der Waals surface area contributed by atoms with Crippen molar-refractivity contribution in [1.29, 1.82) is 0 Å². The Labute approximate surface area is 339 Å². The van der Waals surface area contributed by atoms with Gasteiger partial charge in [0.25, 0.3) is 17.5 Å². The fraction of sp³-hybridized carbons (Fsp3) is 0.227. The zero-order valence-electron chi connectivity index (χ0n) is 31.9. The van der Waals surface area contributed by atoms with Crippen molar-refractivity contribution < 1.29 is 28.8 Å². The molecule has 2 atom stereocenters. The Morgan fingerprint density at radius 1 is 0.912 bits per heavy atom. The summed E-state index contributed by atoms with van der Waals surface area (Å²) in [5, 5.41) is 19.5. The molecule has 6 rings (SSSR count). The number of thiophene rings is 1. The highest BCUT2D eigenvalue weighted by atomic mass is 32.2. The van der Waals surface area contributed by atoms with Crippen molar-refractivity contribution in [2.45, 2.75) is 50.2 Å². The fourth-order valence-corrected chi connectivity index (χ4v) is 8.99. The maximum absolute atomic E-state index is 14.3. The van der Waals surface area contributed by atoms with E-state index in [1.807, 2.05) is 36.4 Å². The van der Waals surface area contributed by atoms with E-state index in [9.17, 15) is 29.3 Å². The molecule has 0 fully saturated rings. The summed E-state index contributed by atoms with van der Waals surface area (Å²) in [5.74, 6) is -1.52. The van der Waals surface area contributed by atoms with Crippen LogP contribution in [0.2, 0.25) is 0 Å². The van der Waals surface area contributed by atoms with E-state index >= 15 is 0 Å². The third-order valence-electron chi connectivity index (χ3n) is 9.75. The number of carbonyl (C=O) groups is 4. The molecule has 1 aliphatic carbocycles. The minimum Gasteiger partial charge on any atom is -0.465 e. The molecule has 0 bridgehead atoms. The summed E-state index contributed by atoms with van der Waals surface area (Å²) in [5.41, 5.74) is 3.17. The number of carbonyl (C=O) groups excluding carboxylic acids is 4. The van der Waals surface area contributed by atoms with Crippen molar-refractivity contribution in [3.63, 3.8) is 0 Å². The molecule has 0 radical (unpaired) electrons. The second kappa shape index (κ2) is 17.8. The molecule has 1 aliphatic rings. The highest BCUT2D eigenvalue weighted by molar-refractivity contribution is 8.00. The number of esters is 1. The van der Waals surface area contributed by atoms with Gasteiger partial charge in [0.05, 0.1) is 17.6 Å². The van der Waals surface area contributed by atoms with Crippen LogP contribution in [-0.2, 0) is 27.2 Å². The molecule has 1 heterocycles. The van der Waals surface area contributed by atoms with Gasteiger partial charge in [-0.2, -0.15) is 0 Å². The lowest BCUT2D eigenvalue weighted by Crippen LogP contribution is -2.30. The van der Waals surface area contributed by atoms with Gasteiger partial charge in [0, 0.05) is 33.2 Å². The summed E-state index contributed by atoms with van der Waals surface area (Å²) < 4.78 is 5.19. The van der Waals surface area contributed by atoms with Crippen LogP contribution in [0.5, 0.6) is 0 Å². The molecule has 11 nitrogen and oxygen atoms in total. The third-order valence-corrected chi connectivity index (χ3v) is 12.2. The van der Waals surface area contributed by atoms with E-state index in [1.54, 1.807) is 48.5 Å². The average Bonchev–Trinajstić information content (AvgIpc) is 3.57. The number of rotatable bonds is 12. The summed E-state index contributed by atoms with van der Waals surface area (Å²) in [7, 11) is 1.35. The molecule has 57 heavy (non-hydrogen) atoms. The van der Waals surface area contributed by atoms with Crippen LogP contribution < -0.4 is 16.0 Å². The van der Waals surface area contributed by atoms with E-state index in [0.29, 0.717) is 38.2 Å². The molecular weight excluding hydrogens is 761 g/mol. The summed E-state index contributed by atoms with van der Waals surface area (Å²) >= 11 is 2.71. The minimum absolute atomic E-state index is 0.0915. The maximum atomic E-state index is 14.3. The molecular formula is C44H42N4O7S2. The number of thioether (sulfide) groups is 1. The zero-order chi connectivity index (χ0) is 40.7. The van der Waals surface area contributed by atoms with Crippen LogP contribution >= 0.6 is 23.1 Å². The fourth-order valence-electron chi connectivity index (χ4n) is 6.59. The minimum atomic E-state index is -0.744. The number of amides is 3. The Morgan fingerprint density at radius 3 is 2.25 bits per heavy atom. The Kier molecular flexibility index (Phi) is 12.7. The number of nitrogens with zero attached hydrogens (tertiary/aromatic N) is 1. The van der Waals surface area contributed by atoms with Gasteiger partial charge in [0.15, 0.2) is 0 Å². The van der Waals surface area contributed by atoms with Gasteiger partial charge in [-0.3, -0.25) is 24.5 Å². The van der Waals surface area contributed by atoms with Gasteiger partial charge in [-0.1, -0.05) is 75.4 Å². The second-order valence-electron chi connectivity index (χ2n) is 14.6. The van der Waals surface area contributed by atoms with Gasteiger partial charge in [-0.25, -0.2) is 4.79 Å². The first-order chi connectivity index (χ1) is 27.3. The Bertz CT molecular complexity index is 2320. The molecule has 3 amide bonds. The number of non-ortho nitro benzene ring substituents is 1. The van der Waals surface area contributed by atoms with Gasteiger partial charge >= 0.3 is 5.97 Å². The van der Waals surface area contributed by atoms with Crippen molar-refractivity contribution in [3.05, 3.63) is 158 Å². The standard InChI is InChI=1S/C44H42N4O7S2/c1-44(2,3)30-20-23-34-36(25-30)57-42(37(34)43(52)55-4)47-41(51)38(28-12-7-5-8-13-28)56-33-17-11-16-31(26-33)45-40(50)35(46-39(49)29-14-9-6-10-15-29)24-27-18-21-32(22-19-27)48(53)54/h5-19,21-22,24,26,30,38H,20,23,25H2,1-4H3,(H,45,50)(H,46,49)(H,47,51)/b35-24+. The van der Waals surface area contributed by atoms with E-state index in [1.165, 1.54) is 60.5 Å². The van der Waals surface area contributed by atoms with Crippen LogP contribution in [-0.4, -0.2) is 35.7 Å². The van der Waals surface area contributed by atoms with Gasteiger partial charge in [0.1, 0.15) is 15.9 Å². The average molecular weight is 803 g/mol. The van der Waals surface area contributed by atoms with E-state index in [-0.39, 0.29) is 22.7 Å². The van der Waals surface area contributed by atoms with E-state index < -0.39 is 28.0 Å². The number of hydrogen-bond acceptors (Lipinski definition) is 9. The number of nitro benzene ring substituents is 1. The molecule has 0 aliphatic heterocycles. The number of anilines is 2. The topological polar surface area (TPSA) is 157 Å². The van der Waals surface area contributed by atoms with Gasteiger partial charge in [-0.15, -0.1) is 23.1 Å². The highest BCUT2D eigenvalue weighted by Crippen LogP contribution is 2.45. The van der Waals surface area contributed by atoms with Crippen molar-refractivity contribution >= 4 is 69.2 Å². The smallest absolute Gasteiger partial charge is 0.341 e. The second-order valence-corrected chi connectivity index (χ2v) is 16.9. The molecule has 0 saturated carbocycles. The first-order valence-electron chi connectivity index (χ1n) is 18.3. The number of fused-ring (bicyclic) bond motifs is 1. The van der Waals surface area contributed by atoms with Crippen LogP contribution in [0.4, 0.5) is 16.4 Å². The Balaban J connectivity index is 1.25. The quantitative estimate of drug-likeness (QED) is 0.0370. The SMILES string of the molecule is COC(=O)c1c(NC(=O)C(Sc2cccc(NC(=O)/C(=C\c3ccc([N+](=O)[O-])cc3)NC(=O)c3ccccc3)c2)c2ccccc2)sc2c1CCC(C(C)(C)C)C2. The van der Waals surface area contributed by atoms with E-state index in [2.05, 4.69) is 36.7 Å². The van der Waals surface area contributed by atoms with E-state index in [0.717, 1.165) is 35.3 Å². The van der Waals surface area contributed by atoms with Crippen LogP contribution in [0, 0.1) is 21.4 Å². The summed E-state index contributed by atoms with van der Waals surface area (Å²) in [6.45, 7) is 6.68. The molecule has 5 aromatic rings. The molecule has 292 valence electrons. The molecule has 3 N–H and O–H groups in total. The van der Waals surface area contributed by atoms with Crippen LogP contribution in [0.25, 0.3) is 6.08 Å². The van der Waals surface area contributed by atoms with Crippen molar-refractivity contribution in [2.24, 2.45) is 11.3 Å². The number of ether oxygens (including phenoxy) is 1. The lowest BCUT2D eigenvalue weighted by molar-refractivity contribution is -0.384. The van der Waals surface area contributed by atoms with Crippen molar-refractivity contribution in [2.75, 3.05) is 17.7 Å². The zero-order valence-corrected chi connectivity index (χ0v) is 33.5. The van der Waals surface area contributed by atoms with Gasteiger partial charge in [-0.05, 0) is 95.8 Å². The van der Waals surface area contributed by atoms with Crippen molar-refractivity contribution in [3.8, 4) is 0 Å². The molecule has 0 saturated heterocycles. The van der Waals surface area contributed by atoms with E-state index in [4.69, 9.17) is 4.74 Å². The Hall–Kier alpha value is -6.05. The normalized spacial score (nSPS) is 14.5. The number of nitro groups is 1. The van der Waals surface area contributed by atoms with Gasteiger partial charge < -0.3 is 20.7 Å². The highest BCUT2D eigenvalue weighted by Gasteiger charge is 2.35. The number of methoxy groups -OCH3 is 1. The third kappa shape index (κ3) is 10.0. The molecule has 2 unspecified atom stereocenters. The Morgan fingerprint density at radius 2 is 1.60 bits per heavy atom. The predicted molar refractivity (Wildman–Crippen MR) is 224 cm³/mol. The monoisotopic (exact) mass is 802 g/mol. The first-order valence-corrected chi connectivity index (χ1v) is 20.0. The van der Waals surface area contributed by atoms with Crippen molar-refractivity contribution in [1.82, 2.24) is 5.32 Å². The molecule has 13 heteroatoms. The maximum Gasteiger partial charge on any atom is 0.341 e. The van der Waals surface area contributed by atoms with Crippen LogP contribution in [0.1, 0.15) is 74.7 Å². The first kappa shape index (κ1) is 40.6. The lowest BCUT2D eigenvalue weighted by atomic mass is 9.72. The van der Waals surface area contributed by atoms with Gasteiger partial charge in [0.2, 0.25) is 5.91 Å². The number of nitrogens with one attached hydrogen (secondary N) is 3. The molecule has 1 aromatic heterocycles. The predicted octanol–water partition coefficient (Wildman–Crippen LogP) is 9.48. The summed E-state index contributed by atoms with van der Waals surface area (Å²) in [6, 6.07) is 30.3. The lowest BCUT2D eigenvalue weighted by Gasteiger charge is -2.33. The summed E-state index contributed by atoms with van der Waals surface area (Å²) in [4.78, 5) is 66.8. The molecule has 0 spiro atoms. The largest absolute Gasteiger partial charge is 0.465 e. The van der Waals surface area contributed by atoms with Crippen LogP contribution in [0.15, 0.2) is 120 Å². The number of benzene rings is 4. The molecule has 4 aromatic carbocycles. The van der Waals surface area contributed by atoms with Crippen LogP contribution in [0.3, 0.4) is 0 Å². The summed E-state index contributed by atoms with van der Waals surface area (Å²) in [6.07, 6.45) is 3.92.